The molecule has 1 amide bonds. The summed E-state index contributed by atoms with van der Waals surface area (Å²) in [5.74, 6) is 0.532. The number of nitrogen functional groups attached to an aromatic ring is 1. The van der Waals surface area contributed by atoms with Crippen LogP contribution in [-0.4, -0.2) is 26.4 Å². The van der Waals surface area contributed by atoms with E-state index >= 15 is 0 Å². The van der Waals surface area contributed by atoms with Gasteiger partial charge in [-0.2, -0.15) is 0 Å². The SMILES string of the molecule is CC(NC(=O)CSc1nnc(N)n1C1CC1)c1ccc(Cl)cc1Cl. The molecule has 6 nitrogen and oxygen atoms in total. The molecule has 0 radical (unpaired) electrons. The molecule has 24 heavy (non-hydrogen) atoms. The number of aromatic nitrogens is 3. The monoisotopic (exact) mass is 385 g/mol. The normalized spacial score (nSPS) is 15.3. The molecular weight excluding hydrogens is 369 g/mol. The van der Waals surface area contributed by atoms with Crippen molar-refractivity contribution < 1.29 is 4.79 Å². The number of thioether (sulfide) groups is 1. The van der Waals surface area contributed by atoms with Gasteiger partial charge in [-0.1, -0.05) is 41.0 Å². The van der Waals surface area contributed by atoms with Crippen molar-refractivity contribution >= 4 is 46.8 Å². The minimum Gasteiger partial charge on any atom is -0.368 e. The lowest BCUT2D eigenvalue weighted by Gasteiger charge is -2.16. The van der Waals surface area contributed by atoms with Crippen molar-refractivity contribution in [2.75, 3.05) is 11.5 Å². The Balaban J connectivity index is 1.58. The summed E-state index contributed by atoms with van der Waals surface area (Å²) in [4.78, 5) is 12.2. The van der Waals surface area contributed by atoms with Crippen molar-refractivity contribution in [2.24, 2.45) is 0 Å². The predicted molar refractivity (Wildman–Crippen MR) is 96.4 cm³/mol. The second-order valence-corrected chi connectivity index (χ2v) is 7.47. The summed E-state index contributed by atoms with van der Waals surface area (Å²) in [7, 11) is 0. The number of hydrogen-bond acceptors (Lipinski definition) is 5. The van der Waals surface area contributed by atoms with E-state index in [-0.39, 0.29) is 17.7 Å². The zero-order valence-electron chi connectivity index (χ0n) is 13.0. The number of nitrogens with zero attached hydrogens (tertiary/aromatic N) is 3. The maximum absolute atomic E-state index is 12.2. The number of hydrogen-bond donors (Lipinski definition) is 2. The third-order valence-corrected chi connectivity index (χ3v) is 5.25. The number of rotatable bonds is 6. The first-order valence-electron chi connectivity index (χ1n) is 7.53. The van der Waals surface area contributed by atoms with E-state index in [1.807, 2.05) is 17.6 Å². The van der Waals surface area contributed by atoms with Crippen LogP contribution in [0.15, 0.2) is 23.4 Å². The maximum atomic E-state index is 12.2. The van der Waals surface area contributed by atoms with E-state index in [9.17, 15) is 4.79 Å². The van der Waals surface area contributed by atoms with E-state index in [0.717, 1.165) is 18.4 Å². The van der Waals surface area contributed by atoms with Crippen LogP contribution in [0, 0.1) is 0 Å². The van der Waals surface area contributed by atoms with Crippen molar-refractivity contribution in [1.82, 2.24) is 20.1 Å². The van der Waals surface area contributed by atoms with Gasteiger partial charge in [0.2, 0.25) is 11.9 Å². The van der Waals surface area contributed by atoms with Crippen LogP contribution in [-0.2, 0) is 4.79 Å². The number of anilines is 1. The number of carbonyl (C=O) groups excluding carboxylic acids is 1. The number of amides is 1. The Hall–Kier alpha value is -1.44. The quantitative estimate of drug-likeness (QED) is 0.743. The fourth-order valence-electron chi connectivity index (χ4n) is 2.41. The van der Waals surface area contributed by atoms with Gasteiger partial charge in [0, 0.05) is 16.1 Å². The van der Waals surface area contributed by atoms with Gasteiger partial charge in [-0.05, 0) is 37.5 Å². The molecule has 1 aromatic carbocycles. The molecule has 0 aliphatic heterocycles. The van der Waals surface area contributed by atoms with Gasteiger partial charge in [0.25, 0.3) is 0 Å². The molecule has 0 spiro atoms. The first-order chi connectivity index (χ1) is 11.5. The summed E-state index contributed by atoms with van der Waals surface area (Å²) in [5, 5.41) is 12.6. The zero-order chi connectivity index (χ0) is 17.3. The van der Waals surface area contributed by atoms with E-state index in [0.29, 0.717) is 27.2 Å². The molecule has 1 aliphatic rings. The van der Waals surface area contributed by atoms with Gasteiger partial charge in [-0.3, -0.25) is 9.36 Å². The van der Waals surface area contributed by atoms with E-state index < -0.39 is 0 Å². The van der Waals surface area contributed by atoms with Gasteiger partial charge >= 0.3 is 0 Å². The standard InChI is InChI=1S/C15H17Cl2N5OS/c1-8(11-5-2-9(16)6-12(11)17)19-13(23)7-24-15-21-20-14(18)22(15)10-3-4-10/h2,5-6,8,10H,3-4,7H2,1H3,(H2,18,20)(H,19,23). The lowest BCUT2D eigenvalue weighted by atomic mass is 10.1. The summed E-state index contributed by atoms with van der Waals surface area (Å²) in [6.07, 6.45) is 2.15. The average Bonchev–Trinajstić information content (AvgIpc) is 3.28. The first-order valence-corrected chi connectivity index (χ1v) is 9.27. The molecule has 3 rings (SSSR count). The Morgan fingerprint density at radius 2 is 2.21 bits per heavy atom. The maximum Gasteiger partial charge on any atom is 0.230 e. The molecule has 0 bridgehead atoms. The third-order valence-electron chi connectivity index (χ3n) is 3.74. The van der Waals surface area contributed by atoms with Gasteiger partial charge < -0.3 is 11.1 Å². The molecule has 1 saturated carbocycles. The highest BCUT2D eigenvalue weighted by atomic mass is 35.5. The summed E-state index contributed by atoms with van der Waals surface area (Å²) in [5.41, 5.74) is 6.65. The largest absolute Gasteiger partial charge is 0.368 e. The predicted octanol–water partition coefficient (Wildman–Crippen LogP) is 3.47. The van der Waals surface area contributed by atoms with Crippen molar-refractivity contribution in [1.29, 1.82) is 0 Å². The Kier molecular flexibility index (Phi) is 5.22. The van der Waals surface area contributed by atoms with Gasteiger partial charge in [0.1, 0.15) is 0 Å². The lowest BCUT2D eigenvalue weighted by molar-refractivity contribution is -0.119. The Bertz CT molecular complexity index is 762. The van der Waals surface area contributed by atoms with Crippen LogP contribution in [0.25, 0.3) is 0 Å². The molecular formula is C15H17Cl2N5OS. The zero-order valence-corrected chi connectivity index (χ0v) is 15.3. The van der Waals surface area contributed by atoms with Crippen molar-refractivity contribution in [3.8, 4) is 0 Å². The highest BCUT2D eigenvalue weighted by Crippen LogP contribution is 2.39. The van der Waals surface area contributed by atoms with Gasteiger partial charge in [0.05, 0.1) is 11.8 Å². The average molecular weight is 386 g/mol. The molecule has 1 atom stereocenters. The van der Waals surface area contributed by atoms with Crippen molar-refractivity contribution in [3.63, 3.8) is 0 Å². The fourth-order valence-corrected chi connectivity index (χ4v) is 3.80. The molecule has 3 N–H and O–H groups in total. The molecule has 1 heterocycles. The minimum absolute atomic E-state index is 0.109. The fraction of sp³-hybridized carbons (Fsp3) is 0.400. The van der Waals surface area contributed by atoms with Crippen LogP contribution < -0.4 is 11.1 Å². The molecule has 0 saturated heterocycles. The molecule has 1 fully saturated rings. The van der Waals surface area contributed by atoms with Crippen LogP contribution in [0.1, 0.15) is 37.4 Å². The summed E-state index contributed by atoms with van der Waals surface area (Å²) in [6, 6.07) is 5.39. The lowest BCUT2D eigenvalue weighted by Crippen LogP contribution is -2.28. The van der Waals surface area contributed by atoms with Crippen molar-refractivity contribution in [2.45, 2.75) is 37.0 Å². The van der Waals surface area contributed by atoms with E-state index in [4.69, 9.17) is 28.9 Å². The highest BCUT2D eigenvalue weighted by molar-refractivity contribution is 7.99. The van der Waals surface area contributed by atoms with Gasteiger partial charge in [-0.25, -0.2) is 0 Å². The second-order valence-electron chi connectivity index (χ2n) is 5.69. The van der Waals surface area contributed by atoms with Crippen molar-refractivity contribution in [3.05, 3.63) is 33.8 Å². The number of benzene rings is 1. The Labute approximate surface area is 154 Å². The molecule has 128 valence electrons. The highest BCUT2D eigenvalue weighted by Gasteiger charge is 2.29. The van der Waals surface area contributed by atoms with Gasteiger partial charge in [0.15, 0.2) is 5.16 Å². The smallest absolute Gasteiger partial charge is 0.230 e. The Morgan fingerprint density at radius 1 is 1.46 bits per heavy atom. The van der Waals surface area contributed by atoms with Crippen LogP contribution >= 0.6 is 35.0 Å². The molecule has 2 aromatic rings. The van der Waals surface area contributed by atoms with Crippen LogP contribution in [0.4, 0.5) is 5.95 Å². The number of halogens is 2. The Morgan fingerprint density at radius 3 is 2.88 bits per heavy atom. The van der Waals surface area contributed by atoms with Crippen LogP contribution in [0.3, 0.4) is 0 Å². The number of nitrogens with one attached hydrogen (secondary N) is 1. The number of nitrogens with two attached hydrogens (primary N) is 1. The third kappa shape index (κ3) is 3.96. The molecule has 9 heteroatoms. The topological polar surface area (TPSA) is 85.8 Å². The van der Waals surface area contributed by atoms with E-state index in [1.54, 1.807) is 12.1 Å². The number of carbonyl (C=O) groups is 1. The van der Waals surface area contributed by atoms with Crippen LogP contribution in [0.2, 0.25) is 10.0 Å². The summed E-state index contributed by atoms with van der Waals surface area (Å²) >= 11 is 13.4. The van der Waals surface area contributed by atoms with Gasteiger partial charge in [-0.15, -0.1) is 10.2 Å². The first kappa shape index (κ1) is 17.4. The van der Waals surface area contributed by atoms with Crippen LogP contribution in [0.5, 0.6) is 0 Å². The minimum atomic E-state index is -0.214. The molecule has 1 aliphatic carbocycles. The molecule has 1 aromatic heterocycles. The second kappa shape index (κ2) is 7.21. The summed E-state index contributed by atoms with van der Waals surface area (Å²) < 4.78 is 1.90. The molecule has 1 unspecified atom stereocenters. The van der Waals surface area contributed by atoms with E-state index in [1.165, 1.54) is 11.8 Å². The van der Waals surface area contributed by atoms with E-state index in [2.05, 4.69) is 15.5 Å². The summed E-state index contributed by atoms with van der Waals surface area (Å²) in [6.45, 7) is 1.88.